The van der Waals surface area contributed by atoms with E-state index in [4.69, 9.17) is 4.74 Å². The zero-order chi connectivity index (χ0) is 17.6. The third-order valence-electron chi connectivity index (χ3n) is 4.27. The van der Waals surface area contributed by atoms with Gasteiger partial charge in [-0.15, -0.1) is 0 Å². The normalized spacial score (nSPS) is 16.5. The first-order valence-corrected chi connectivity index (χ1v) is 8.48. The molecule has 5 heteroatoms. The maximum Gasteiger partial charge on any atom is 0.261 e. The second-order valence-electron chi connectivity index (χ2n) is 6.21. The summed E-state index contributed by atoms with van der Waals surface area (Å²) in [5, 5.41) is 2.88. The summed E-state index contributed by atoms with van der Waals surface area (Å²) in [4.78, 5) is 26.6. The molecule has 1 aliphatic heterocycles. The number of carbonyl (C=O) groups excluding carboxylic acids is 2. The van der Waals surface area contributed by atoms with Gasteiger partial charge in [0.2, 0.25) is 5.91 Å². The standard InChI is InChI=1S/C20H22N2O3/c1-15-7-5-10-17(13-15)25-14-19(23)22-12-6-11-18(22)20(24)21-16-8-3-2-4-9-16/h2-5,7-10,13,18H,6,11-12,14H2,1H3,(H,21,24)/t18-/m1/s1. The Hall–Kier alpha value is -2.82. The van der Waals surface area contributed by atoms with E-state index in [1.54, 1.807) is 4.90 Å². The third kappa shape index (κ3) is 4.38. The highest BCUT2D eigenvalue weighted by Crippen LogP contribution is 2.20. The number of amides is 2. The van der Waals surface area contributed by atoms with Crippen LogP contribution in [0.4, 0.5) is 5.69 Å². The second kappa shape index (κ2) is 7.83. The smallest absolute Gasteiger partial charge is 0.261 e. The predicted molar refractivity (Wildman–Crippen MR) is 96.5 cm³/mol. The highest BCUT2D eigenvalue weighted by atomic mass is 16.5. The van der Waals surface area contributed by atoms with E-state index in [2.05, 4.69) is 5.32 Å². The van der Waals surface area contributed by atoms with E-state index >= 15 is 0 Å². The van der Waals surface area contributed by atoms with Crippen molar-refractivity contribution in [3.05, 3.63) is 60.2 Å². The molecule has 130 valence electrons. The summed E-state index contributed by atoms with van der Waals surface area (Å²) >= 11 is 0. The number of hydrogen-bond acceptors (Lipinski definition) is 3. The molecule has 0 radical (unpaired) electrons. The minimum absolute atomic E-state index is 0.0570. The molecule has 0 aliphatic carbocycles. The summed E-state index contributed by atoms with van der Waals surface area (Å²) in [6.45, 7) is 2.50. The summed E-state index contributed by atoms with van der Waals surface area (Å²) in [6, 6.07) is 16.4. The highest BCUT2D eigenvalue weighted by Gasteiger charge is 2.34. The quantitative estimate of drug-likeness (QED) is 0.912. The zero-order valence-corrected chi connectivity index (χ0v) is 14.3. The fraction of sp³-hybridized carbons (Fsp3) is 0.300. The number of carbonyl (C=O) groups is 2. The highest BCUT2D eigenvalue weighted by molar-refractivity contribution is 5.97. The molecule has 1 saturated heterocycles. The summed E-state index contributed by atoms with van der Waals surface area (Å²) in [6.07, 6.45) is 1.50. The number of anilines is 1. The van der Waals surface area contributed by atoms with Crippen LogP contribution in [0.3, 0.4) is 0 Å². The number of para-hydroxylation sites is 1. The summed E-state index contributed by atoms with van der Waals surface area (Å²) in [5.41, 5.74) is 1.81. The van der Waals surface area contributed by atoms with Crippen molar-refractivity contribution in [3.8, 4) is 5.75 Å². The Morgan fingerprint density at radius 3 is 2.72 bits per heavy atom. The van der Waals surface area contributed by atoms with E-state index in [0.717, 1.165) is 17.7 Å². The first kappa shape index (κ1) is 17.0. The molecular formula is C20H22N2O3. The van der Waals surface area contributed by atoms with Crippen molar-refractivity contribution in [2.45, 2.75) is 25.8 Å². The maximum atomic E-state index is 12.5. The molecule has 25 heavy (non-hydrogen) atoms. The molecule has 1 fully saturated rings. The number of aryl methyl sites for hydroxylation is 1. The Morgan fingerprint density at radius 1 is 1.16 bits per heavy atom. The first-order chi connectivity index (χ1) is 12.1. The molecule has 5 nitrogen and oxygen atoms in total. The van der Waals surface area contributed by atoms with Crippen LogP contribution in [-0.4, -0.2) is 35.9 Å². The van der Waals surface area contributed by atoms with E-state index in [1.165, 1.54) is 0 Å². The maximum absolute atomic E-state index is 12.5. The molecule has 1 heterocycles. The predicted octanol–water partition coefficient (Wildman–Crippen LogP) is 3.00. The largest absolute Gasteiger partial charge is 0.484 e. The summed E-state index contributed by atoms with van der Waals surface area (Å²) < 4.78 is 5.58. The lowest BCUT2D eigenvalue weighted by Crippen LogP contribution is -2.45. The monoisotopic (exact) mass is 338 g/mol. The van der Waals surface area contributed by atoms with Crippen LogP contribution in [0.5, 0.6) is 5.75 Å². The summed E-state index contributed by atoms with van der Waals surface area (Å²) in [7, 11) is 0. The van der Waals surface area contributed by atoms with E-state index < -0.39 is 6.04 Å². The lowest BCUT2D eigenvalue weighted by Gasteiger charge is -2.24. The van der Waals surface area contributed by atoms with Gasteiger partial charge in [0.15, 0.2) is 6.61 Å². The lowest BCUT2D eigenvalue weighted by molar-refractivity contribution is -0.138. The van der Waals surface area contributed by atoms with Crippen molar-refractivity contribution in [3.63, 3.8) is 0 Å². The Kier molecular flexibility index (Phi) is 5.33. The van der Waals surface area contributed by atoms with E-state index in [9.17, 15) is 9.59 Å². The fourth-order valence-corrected chi connectivity index (χ4v) is 3.02. The van der Waals surface area contributed by atoms with Gasteiger partial charge in [0, 0.05) is 12.2 Å². The molecule has 1 N–H and O–H groups in total. The average molecular weight is 338 g/mol. The molecule has 0 spiro atoms. The van der Waals surface area contributed by atoms with Gasteiger partial charge in [0.25, 0.3) is 5.91 Å². The molecular weight excluding hydrogens is 316 g/mol. The molecule has 1 atom stereocenters. The van der Waals surface area contributed by atoms with Crippen LogP contribution in [0.15, 0.2) is 54.6 Å². The van der Waals surface area contributed by atoms with Gasteiger partial charge in [-0.25, -0.2) is 0 Å². The van der Waals surface area contributed by atoms with E-state index in [-0.39, 0.29) is 18.4 Å². The zero-order valence-electron chi connectivity index (χ0n) is 14.3. The van der Waals surface area contributed by atoms with E-state index in [1.807, 2.05) is 61.5 Å². The van der Waals surface area contributed by atoms with Crippen molar-refractivity contribution in [2.24, 2.45) is 0 Å². The number of nitrogens with one attached hydrogen (secondary N) is 1. The van der Waals surface area contributed by atoms with Crippen LogP contribution in [-0.2, 0) is 9.59 Å². The van der Waals surface area contributed by atoms with Crippen molar-refractivity contribution in [1.29, 1.82) is 0 Å². The first-order valence-electron chi connectivity index (χ1n) is 8.48. The van der Waals surface area contributed by atoms with Gasteiger partial charge in [0.05, 0.1) is 0 Å². The van der Waals surface area contributed by atoms with Crippen LogP contribution < -0.4 is 10.1 Å². The number of ether oxygens (including phenoxy) is 1. The Balaban J connectivity index is 1.58. The molecule has 0 unspecified atom stereocenters. The Bertz CT molecular complexity index is 746. The third-order valence-corrected chi connectivity index (χ3v) is 4.27. The number of rotatable bonds is 5. The molecule has 0 bridgehead atoms. The average Bonchev–Trinajstić information content (AvgIpc) is 3.11. The molecule has 0 aromatic heterocycles. The van der Waals surface area contributed by atoms with Crippen molar-refractivity contribution >= 4 is 17.5 Å². The van der Waals surface area contributed by atoms with Crippen molar-refractivity contribution < 1.29 is 14.3 Å². The Labute approximate surface area is 147 Å². The topological polar surface area (TPSA) is 58.6 Å². The minimum atomic E-state index is -0.436. The van der Waals surface area contributed by atoms with Gasteiger partial charge >= 0.3 is 0 Å². The van der Waals surface area contributed by atoms with Gasteiger partial charge in [-0.1, -0.05) is 30.3 Å². The van der Waals surface area contributed by atoms with Crippen molar-refractivity contribution in [2.75, 3.05) is 18.5 Å². The molecule has 0 saturated carbocycles. The van der Waals surface area contributed by atoms with E-state index in [0.29, 0.717) is 18.7 Å². The van der Waals surface area contributed by atoms with Gasteiger partial charge in [-0.05, 0) is 49.6 Å². The molecule has 2 aromatic carbocycles. The lowest BCUT2D eigenvalue weighted by atomic mass is 10.2. The van der Waals surface area contributed by atoms with Crippen molar-refractivity contribution in [1.82, 2.24) is 4.90 Å². The van der Waals surface area contributed by atoms with Crippen LogP contribution in [0.1, 0.15) is 18.4 Å². The number of hydrogen-bond donors (Lipinski definition) is 1. The molecule has 2 amide bonds. The second-order valence-corrected chi connectivity index (χ2v) is 6.21. The van der Waals surface area contributed by atoms with Crippen LogP contribution in [0.25, 0.3) is 0 Å². The molecule has 2 aromatic rings. The van der Waals surface area contributed by atoms with Gasteiger partial charge < -0.3 is 15.0 Å². The number of nitrogens with zero attached hydrogens (tertiary/aromatic N) is 1. The van der Waals surface area contributed by atoms with Gasteiger partial charge in [-0.3, -0.25) is 9.59 Å². The van der Waals surface area contributed by atoms with Crippen LogP contribution >= 0.6 is 0 Å². The van der Waals surface area contributed by atoms with Crippen LogP contribution in [0.2, 0.25) is 0 Å². The number of likely N-dealkylation sites (tertiary alicyclic amines) is 1. The minimum Gasteiger partial charge on any atom is -0.484 e. The molecule has 3 rings (SSSR count). The SMILES string of the molecule is Cc1cccc(OCC(=O)N2CCC[C@@H]2C(=O)Nc2ccccc2)c1. The Morgan fingerprint density at radius 2 is 1.96 bits per heavy atom. The summed E-state index contributed by atoms with van der Waals surface area (Å²) in [5.74, 6) is 0.359. The van der Waals surface area contributed by atoms with Gasteiger partial charge in [-0.2, -0.15) is 0 Å². The van der Waals surface area contributed by atoms with Crippen LogP contribution in [0, 0.1) is 6.92 Å². The van der Waals surface area contributed by atoms with Gasteiger partial charge in [0.1, 0.15) is 11.8 Å². The fourth-order valence-electron chi connectivity index (χ4n) is 3.02. The number of benzene rings is 2. The molecule has 1 aliphatic rings.